The van der Waals surface area contributed by atoms with E-state index in [1.807, 2.05) is 0 Å². The average molecular weight is 608 g/mol. The predicted octanol–water partition coefficient (Wildman–Crippen LogP) is 3.81. The second-order valence-corrected chi connectivity index (χ2v) is 12.3. The lowest BCUT2D eigenvalue weighted by Gasteiger charge is -2.38. The number of methoxy groups -OCH3 is 2. The predicted molar refractivity (Wildman–Crippen MR) is 151 cm³/mol. The number of ether oxygens (including phenoxy) is 2. The molecule has 0 aliphatic carbocycles. The van der Waals surface area contributed by atoms with Gasteiger partial charge in [0, 0.05) is 33.8 Å². The van der Waals surface area contributed by atoms with Crippen molar-refractivity contribution in [3.05, 3.63) is 81.8 Å². The van der Waals surface area contributed by atoms with Gasteiger partial charge in [-0.3, -0.25) is 4.79 Å². The Balaban J connectivity index is 1.80. The van der Waals surface area contributed by atoms with Crippen LogP contribution < -0.4 is 13.8 Å². The van der Waals surface area contributed by atoms with Crippen molar-refractivity contribution in [2.75, 3.05) is 31.7 Å². The first kappa shape index (κ1) is 28.5. The van der Waals surface area contributed by atoms with Gasteiger partial charge in [-0.05, 0) is 49.2 Å². The quantitative estimate of drug-likeness (QED) is 0.420. The fourth-order valence-electron chi connectivity index (χ4n) is 5.64. The molecule has 212 valence electrons. The number of aliphatic hydroxyl groups excluding tert-OH is 1. The van der Waals surface area contributed by atoms with Gasteiger partial charge >= 0.3 is 0 Å². The van der Waals surface area contributed by atoms with E-state index < -0.39 is 33.6 Å². The van der Waals surface area contributed by atoms with Crippen molar-refractivity contribution in [1.29, 1.82) is 0 Å². The van der Waals surface area contributed by atoms with Gasteiger partial charge in [-0.2, -0.15) is 0 Å². The Bertz CT molecular complexity index is 1570. The van der Waals surface area contributed by atoms with E-state index in [-0.39, 0.29) is 44.1 Å². The van der Waals surface area contributed by atoms with E-state index in [1.165, 1.54) is 55.5 Å². The van der Waals surface area contributed by atoms with Crippen molar-refractivity contribution in [3.8, 4) is 11.5 Å². The van der Waals surface area contributed by atoms with Gasteiger partial charge in [-0.25, -0.2) is 12.7 Å². The molecule has 40 heavy (non-hydrogen) atoms. The number of likely N-dealkylation sites (tertiary alicyclic amines) is 1. The van der Waals surface area contributed by atoms with Crippen LogP contribution in [0.5, 0.6) is 11.5 Å². The Morgan fingerprint density at radius 2 is 1.75 bits per heavy atom. The molecule has 0 radical (unpaired) electrons. The Morgan fingerprint density at radius 1 is 1.02 bits per heavy atom. The molecule has 1 saturated heterocycles. The molecule has 3 aromatic rings. The fraction of sp³-hybridized carbons (Fsp3) is 0.321. The van der Waals surface area contributed by atoms with E-state index in [0.717, 1.165) is 4.31 Å². The molecular formula is C28H28Cl2N2O7S. The summed E-state index contributed by atoms with van der Waals surface area (Å²) in [5.74, 6) is -0.184. The molecular weight excluding hydrogens is 579 g/mol. The first-order valence-corrected chi connectivity index (χ1v) is 14.7. The van der Waals surface area contributed by atoms with Crippen LogP contribution in [0.2, 0.25) is 10.0 Å². The number of fused-ring (bicyclic) bond motifs is 1. The topological polar surface area (TPSA) is 117 Å². The zero-order valence-corrected chi connectivity index (χ0v) is 24.1. The third kappa shape index (κ3) is 4.38. The highest BCUT2D eigenvalue weighted by molar-refractivity contribution is 7.93. The minimum absolute atomic E-state index is 0.0692. The van der Waals surface area contributed by atoms with Crippen LogP contribution in [-0.4, -0.2) is 68.9 Å². The highest BCUT2D eigenvalue weighted by Gasteiger charge is 2.60. The second kappa shape index (κ2) is 10.8. The van der Waals surface area contributed by atoms with E-state index in [9.17, 15) is 23.4 Å². The number of hydrogen-bond acceptors (Lipinski definition) is 7. The summed E-state index contributed by atoms with van der Waals surface area (Å²) >= 11 is 12.9. The molecule has 2 aliphatic heterocycles. The molecule has 0 saturated carbocycles. The number of aliphatic hydroxyl groups is 2. The van der Waals surface area contributed by atoms with Crippen LogP contribution in [0.15, 0.2) is 65.6 Å². The summed E-state index contributed by atoms with van der Waals surface area (Å²) in [4.78, 5) is 15.7. The highest BCUT2D eigenvalue weighted by atomic mass is 35.5. The molecule has 0 bridgehead atoms. The zero-order chi connectivity index (χ0) is 28.8. The van der Waals surface area contributed by atoms with Gasteiger partial charge < -0.3 is 24.6 Å². The molecule has 5 rings (SSSR count). The zero-order valence-electron chi connectivity index (χ0n) is 21.8. The molecule has 1 fully saturated rings. The first-order chi connectivity index (χ1) is 19.1. The Hall–Kier alpha value is -3.02. The lowest BCUT2D eigenvalue weighted by atomic mass is 9.82. The largest absolute Gasteiger partial charge is 0.493 e. The van der Waals surface area contributed by atoms with Crippen molar-refractivity contribution < 1.29 is 32.9 Å². The Labute approximate surface area is 242 Å². The molecule has 2 N–H and O–H groups in total. The molecule has 3 unspecified atom stereocenters. The van der Waals surface area contributed by atoms with Crippen LogP contribution in [0.1, 0.15) is 24.0 Å². The maximum absolute atomic E-state index is 14.5. The summed E-state index contributed by atoms with van der Waals surface area (Å²) in [5, 5.41) is 23.0. The molecule has 3 aromatic carbocycles. The first-order valence-electron chi connectivity index (χ1n) is 12.5. The van der Waals surface area contributed by atoms with E-state index in [0.29, 0.717) is 25.1 Å². The van der Waals surface area contributed by atoms with E-state index >= 15 is 0 Å². The van der Waals surface area contributed by atoms with Crippen LogP contribution in [0.3, 0.4) is 0 Å². The van der Waals surface area contributed by atoms with Gasteiger partial charge in [-0.1, -0.05) is 41.4 Å². The molecule has 12 heteroatoms. The minimum atomic E-state index is -4.52. The number of carbonyl (C=O) groups excluding carboxylic acids is 1. The molecule has 9 nitrogen and oxygen atoms in total. The van der Waals surface area contributed by atoms with Crippen LogP contribution in [0.4, 0.5) is 5.69 Å². The average Bonchev–Trinajstić information content (AvgIpc) is 3.54. The molecule has 0 spiro atoms. The van der Waals surface area contributed by atoms with Gasteiger partial charge in [0.1, 0.15) is 5.60 Å². The lowest BCUT2D eigenvalue weighted by molar-refractivity contribution is -0.138. The van der Waals surface area contributed by atoms with Gasteiger partial charge in [0.15, 0.2) is 17.5 Å². The van der Waals surface area contributed by atoms with Gasteiger partial charge in [0.05, 0.1) is 37.5 Å². The normalized spacial score (nSPS) is 22.4. The number of rotatable bonds is 7. The SMILES string of the molecule is COc1ccc(S(=O)(=O)N2c3ccc(Cl)cc3C(O)(c3ccccc3Cl)C2C(=O)N2CCCC2CO)cc1OC. The number of anilines is 1. The van der Waals surface area contributed by atoms with E-state index in [2.05, 4.69) is 0 Å². The molecule has 0 aromatic heterocycles. The van der Waals surface area contributed by atoms with Crippen molar-refractivity contribution in [2.24, 2.45) is 0 Å². The van der Waals surface area contributed by atoms with Crippen LogP contribution >= 0.6 is 23.2 Å². The van der Waals surface area contributed by atoms with Crippen LogP contribution in [-0.2, 0) is 20.4 Å². The molecule has 3 atom stereocenters. The molecule has 1 amide bonds. The maximum Gasteiger partial charge on any atom is 0.265 e. The van der Waals surface area contributed by atoms with Crippen molar-refractivity contribution in [3.63, 3.8) is 0 Å². The summed E-state index contributed by atoms with van der Waals surface area (Å²) in [6.45, 7) is -0.00923. The Morgan fingerprint density at radius 3 is 2.42 bits per heavy atom. The molecule has 2 aliphatic rings. The second-order valence-electron chi connectivity index (χ2n) is 9.64. The summed E-state index contributed by atoms with van der Waals surface area (Å²) < 4.78 is 40.5. The number of halogens is 2. The maximum atomic E-state index is 14.5. The third-order valence-corrected chi connectivity index (χ3v) is 9.88. The van der Waals surface area contributed by atoms with Crippen molar-refractivity contribution in [2.45, 2.75) is 35.4 Å². The van der Waals surface area contributed by atoms with Gasteiger partial charge in [-0.15, -0.1) is 0 Å². The van der Waals surface area contributed by atoms with Crippen molar-refractivity contribution in [1.82, 2.24) is 4.90 Å². The van der Waals surface area contributed by atoms with Crippen LogP contribution in [0, 0.1) is 0 Å². The Kier molecular flexibility index (Phi) is 7.66. The monoisotopic (exact) mass is 606 g/mol. The van der Waals surface area contributed by atoms with Gasteiger partial charge in [0.2, 0.25) is 0 Å². The summed E-state index contributed by atoms with van der Waals surface area (Å²) in [6.07, 6.45) is 1.16. The summed E-state index contributed by atoms with van der Waals surface area (Å²) in [6, 6.07) is 12.7. The molecule has 2 heterocycles. The summed E-state index contributed by atoms with van der Waals surface area (Å²) in [7, 11) is -1.71. The number of amides is 1. The highest BCUT2D eigenvalue weighted by Crippen LogP contribution is 2.53. The van der Waals surface area contributed by atoms with E-state index in [4.69, 9.17) is 32.7 Å². The number of nitrogens with zero attached hydrogens (tertiary/aromatic N) is 2. The number of benzene rings is 3. The van der Waals surface area contributed by atoms with Gasteiger partial charge in [0.25, 0.3) is 15.9 Å². The van der Waals surface area contributed by atoms with Crippen molar-refractivity contribution >= 4 is 44.8 Å². The fourth-order valence-corrected chi connectivity index (χ4v) is 7.75. The number of sulfonamides is 1. The minimum Gasteiger partial charge on any atom is -0.493 e. The van der Waals surface area contributed by atoms with E-state index in [1.54, 1.807) is 24.3 Å². The summed E-state index contributed by atoms with van der Waals surface area (Å²) in [5.41, 5.74) is -1.90. The third-order valence-electron chi connectivity index (χ3n) is 7.54. The number of carbonyl (C=O) groups is 1. The standard InChI is InChI=1S/C28H28Cl2N2O7S/c1-38-24-12-10-19(15-25(24)39-2)40(36,37)32-23-11-9-17(29)14-21(23)28(35,20-7-3-4-8-22(20)30)26(32)27(34)31-13-5-6-18(31)16-33/h3-4,7-12,14-15,18,26,33,35H,5-6,13,16H2,1-2H3. The number of hydrogen-bond donors (Lipinski definition) is 2. The van der Waals surface area contributed by atoms with Crippen LogP contribution in [0.25, 0.3) is 0 Å². The lowest BCUT2D eigenvalue weighted by Crippen LogP contribution is -2.58. The smallest absolute Gasteiger partial charge is 0.265 e.